The zero-order valence-electron chi connectivity index (χ0n) is 11.9. The molecule has 0 bridgehead atoms. The van der Waals surface area contributed by atoms with Crippen LogP contribution in [0.3, 0.4) is 0 Å². The molecule has 0 aliphatic carbocycles. The van der Waals surface area contributed by atoms with E-state index in [1.165, 1.54) is 0 Å². The van der Waals surface area contributed by atoms with Crippen LogP contribution in [0.15, 0.2) is 30.5 Å². The number of carbonyl (C=O) groups is 1. The van der Waals surface area contributed by atoms with Crippen molar-refractivity contribution in [2.75, 3.05) is 7.05 Å². The number of benzene rings is 1. The average Bonchev–Trinajstić information content (AvgIpc) is 2.73. The van der Waals surface area contributed by atoms with Crippen LogP contribution in [0.25, 0.3) is 10.9 Å². The van der Waals surface area contributed by atoms with E-state index in [2.05, 4.69) is 11.1 Å². The molecule has 1 amide bonds. The Hall–Kier alpha value is -1.97. The first-order valence-corrected chi connectivity index (χ1v) is 6.35. The molecule has 1 heterocycles. The van der Waals surface area contributed by atoms with E-state index in [1.54, 1.807) is 11.9 Å². The Morgan fingerprint density at radius 2 is 2.05 bits per heavy atom. The molecular weight excluding hydrogens is 240 g/mol. The molecule has 1 N–H and O–H groups in total. The molecule has 0 fully saturated rings. The first-order chi connectivity index (χ1) is 8.85. The molecule has 19 heavy (non-hydrogen) atoms. The quantitative estimate of drug-likeness (QED) is 0.897. The SMILES string of the molecule is CN(Cc1ccc2[nH]ccc2c1)C(=O)OC(C)(C)C. The number of hydrogen-bond donors (Lipinski definition) is 1. The van der Waals surface area contributed by atoms with Crippen LogP contribution in [-0.2, 0) is 11.3 Å². The molecule has 0 unspecified atom stereocenters. The van der Waals surface area contributed by atoms with Gasteiger partial charge in [0.15, 0.2) is 0 Å². The van der Waals surface area contributed by atoms with Gasteiger partial charge in [0.05, 0.1) is 0 Å². The molecular formula is C15H20N2O2. The van der Waals surface area contributed by atoms with Gasteiger partial charge in [-0.3, -0.25) is 0 Å². The summed E-state index contributed by atoms with van der Waals surface area (Å²) in [5.41, 5.74) is 1.72. The van der Waals surface area contributed by atoms with E-state index in [0.29, 0.717) is 6.54 Å². The highest BCUT2D eigenvalue weighted by Crippen LogP contribution is 2.16. The van der Waals surface area contributed by atoms with Crippen molar-refractivity contribution in [2.24, 2.45) is 0 Å². The van der Waals surface area contributed by atoms with E-state index in [1.807, 2.05) is 45.2 Å². The van der Waals surface area contributed by atoms with Gasteiger partial charge < -0.3 is 14.6 Å². The first kappa shape index (κ1) is 13.5. The fourth-order valence-electron chi connectivity index (χ4n) is 1.88. The number of rotatable bonds is 2. The second kappa shape index (κ2) is 4.96. The van der Waals surface area contributed by atoms with Crippen LogP contribution in [0.5, 0.6) is 0 Å². The van der Waals surface area contributed by atoms with Gasteiger partial charge in [-0.25, -0.2) is 4.79 Å². The van der Waals surface area contributed by atoms with Gasteiger partial charge in [0.2, 0.25) is 0 Å². The standard InChI is InChI=1S/C15H20N2O2/c1-15(2,3)19-14(18)17(4)10-11-5-6-13-12(9-11)7-8-16-13/h5-9,16H,10H2,1-4H3. The molecule has 1 aromatic heterocycles. The van der Waals surface area contributed by atoms with Crippen molar-refractivity contribution in [3.05, 3.63) is 36.0 Å². The molecule has 102 valence electrons. The Kier molecular flexibility index (Phi) is 3.51. The number of carbonyl (C=O) groups excluding carboxylic acids is 1. The number of nitrogens with one attached hydrogen (secondary N) is 1. The number of hydrogen-bond acceptors (Lipinski definition) is 2. The summed E-state index contributed by atoms with van der Waals surface area (Å²) in [6.07, 6.45) is 1.60. The topological polar surface area (TPSA) is 45.3 Å². The molecule has 4 nitrogen and oxygen atoms in total. The number of aromatic nitrogens is 1. The van der Waals surface area contributed by atoms with Crippen LogP contribution in [-0.4, -0.2) is 28.6 Å². The van der Waals surface area contributed by atoms with Gasteiger partial charge in [-0.2, -0.15) is 0 Å². The Morgan fingerprint density at radius 1 is 1.32 bits per heavy atom. The maximum atomic E-state index is 11.9. The monoisotopic (exact) mass is 260 g/mol. The predicted octanol–water partition coefficient (Wildman–Crippen LogP) is 3.53. The van der Waals surface area contributed by atoms with Crippen molar-refractivity contribution in [3.8, 4) is 0 Å². The Labute approximate surface area is 113 Å². The summed E-state index contributed by atoms with van der Waals surface area (Å²) >= 11 is 0. The predicted molar refractivity (Wildman–Crippen MR) is 76.0 cm³/mol. The van der Waals surface area contributed by atoms with Gasteiger partial charge in [-0.1, -0.05) is 6.07 Å². The number of fused-ring (bicyclic) bond motifs is 1. The van der Waals surface area contributed by atoms with Crippen LogP contribution in [0.4, 0.5) is 4.79 Å². The van der Waals surface area contributed by atoms with E-state index < -0.39 is 5.60 Å². The Balaban J connectivity index is 2.05. The summed E-state index contributed by atoms with van der Waals surface area (Å²) in [5.74, 6) is 0. The molecule has 0 saturated carbocycles. The molecule has 0 radical (unpaired) electrons. The fourth-order valence-corrected chi connectivity index (χ4v) is 1.88. The van der Waals surface area contributed by atoms with E-state index >= 15 is 0 Å². The third kappa shape index (κ3) is 3.50. The number of aromatic amines is 1. The number of nitrogens with zero attached hydrogens (tertiary/aromatic N) is 1. The second-order valence-corrected chi connectivity index (χ2v) is 5.74. The van der Waals surface area contributed by atoms with Crippen LogP contribution in [0.2, 0.25) is 0 Å². The van der Waals surface area contributed by atoms with E-state index in [0.717, 1.165) is 16.5 Å². The normalized spacial score (nSPS) is 11.6. The van der Waals surface area contributed by atoms with Gasteiger partial charge in [-0.15, -0.1) is 0 Å². The zero-order valence-corrected chi connectivity index (χ0v) is 11.9. The summed E-state index contributed by atoms with van der Waals surface area (Å²) in [6.45, 7) is 6.13. The van der Waals surface area contributed by atoms with Gasteiger partial charge in [0.25, 0.3) is 0 Å². The summed E-state index contributed by atoms with van der Waals surface area (Å²) in [6, 6.07) is 8.13. The molecule has 0 spiro atoms. The van der Waals surface area contributed by atoms with Crippen molar-refractivity contribution in [1.29, 1.82) is 0 Å². The van der Waals surface area contributed by atoms with Crippen molar-refractivity contribution < 1.29 is 9.53 Å². The Bertz CT molecular complexity index is 581. The highest BCUT2D eigenvalue weighted by Gasteiger charge is 2.19. The molecule has 0 aliphatic heterocycles. The van der Waals surface area contributed by atoms with Gasteiger partial charge >= 0.3 is 6.09 Å². The molecule has 2 rings (SSSR count). The number of H-pyrrole nitrogens is 1. The Morgan fingerprint density at radius 3 is 2.74 bits per heavy atom. The van der Waals surface area contributed by atoms with Gasteiger partial charge in [-0.05, 0) is 49.9 Å². The van der Waals surface area contributed by atoms with Crippen LogP contribution in [0, 0.1) is 0 Å². The lowest BCUT2D eigenvalue weighted by atomic mass is 10.1. The minimum atomic E-state index is -0.462. The van der Waals surface area contributed by atoms with E-state index in [-0.39, 0.29) is 6.09 Å². The maximum absolute atomic E-state index is 11.9. The van der Waals surface area contributed by atoms with E-state index in [4.69, 9.17) is 4.74 Å². The molecule has 0 saturated heterocycles. The fraction of sp³-hybridized carbons (Fsp3) is 0.400. The molecule has 2 aromatic rings. The van der Waals surface area contributed by atoms with Crippen molar-refractivity contribution in [2.45, 2.75) is 32.9 Å². The van der Waals surface area contributed by atoms with Gasteiger partial charge in [0, 0.05) is 25.3 Å². The van der Waals surface area contributed by atoms with Crippen molar-refractivity contribution >= 4 is 17.0 Å². The van der Waals surface area contributed by atoms with Crippen molar-refractivity contribution in [3.63, 3.8) is 0 Å². The number of ether oxygens (including phenoxy) is 1. The first-order valence-electron chi connectivity index (χ1n) is 6.35. The highest BCUT2D eigenvalue weighted by atomic mass is 16.6. The summed E-state index contributed by atoms with van der Waals surface area (Å²) in [4.78, 5) is 16.6. The summed E-state index contributed by atoms with van der Waals surface area (Å²) < 4.78 is 5.33. The number of amides is 1. The van der Waals surface area contributed by atoms with E-state index in [9.17, 15) is 4.79 Å². The van der Waals surface area contributed by atoms with Crippen LogP contribution >= 0.6 is 0 Å². The highest BCUT2D eigenvalue weighted by molar-refractivity contribution is 5.80. The lowest BCUT2D eigenvalue weighted by Crippen LogP contribution is -2.33. The molecule has 1 aromatic carbocycles. The van der Waals surface area contributed by atoms with Crippen LogP contribution in [0.1, 0.15) is 26.3 Å². The molecule has 0 aliphatic rings. The lowest BCUT2D eigenvalue weighted by molar-refractivity contribution is 0.0285. The molecule has 4 heteroatoms. The minimum Gasteiger partial charge on any atom is -0.444 e. The largest absolute Gasteiger partial charge is 0.444 e. The summed E-state index contributed by atoms with van der Waals surface area (Å²) in [7, 11) is 1.75. The average molecular weight is 260 g/mol. The third-order valence-corrected chi connectivity index (χ3v) is 2.74. The maximum Gasteiger partial charge on any atom is 0.410 e. The molecule has 0 atom stereocenters. The third-order valence-electron chi connectivity index (χ3n) is 2.74. The smallest absolute Gasteiger partial charge is 0.410 e. The van der Waals surface area contributed by atoms with Crippen LogP contribution < -0.4 is 0 Å². The van der Waals surface area contributed by atoms with Gasteiger partial charge in [0.1, 0.15) is 5.60 Å². The lowest BCUT2D eigenvalue weighted by Gasteiger charge is -2.24. The minimum absolute atomic E-state index is 0.304. The van der Waals surface area contributed by atoms with Crippen molar-refractivity contribution in [1.82, 2.24) is 9.88 Å². The second-order valence-electron chi connectivity index (χ2n) is 5.74. The summed E-state index contributed by atoms with van der Waals surface area (Å²) in [5, 5.41) is 1.15. The zero-order chi connectivity index (χ0) is 14.0.